The van der Waals surface area contributed by atoms with Gasteiger partial charge in [-0.2, -0.15) is 0 Å². The van der Waals surface area contributed by atoms with Gasteiger partial charge in [0.15, 0.2) is 0 Å². The predicted molar refractivity (Wildman–Crippen MR) is 104 cm³/mol. The van der Waals surface area contributed by atoms with E-state index < -0.39 is 11.9 Å². The molecule has 0 spiro atoms. The summed E-state index contributed by atoms with van der Waals surface area (Å²) >= 11 is 0. The third-order valence-electron chi connectivity index (χ3n) is 4.70. The summed E-state index contributed by atoms with van der Waals surface area (Å²) in [6.07, 6.45) is 0.885. The summed E-state index contributed by atoms with van der Waals surface area (Å²) in [5.74, 6) is -0.874. The maximum Gasteiger partial charge on any atom is 0.345 e. The summed E-state index contributed by atoms with van der Waals surface area (Å²) < 4.78 is 10.4. The minimum Gasteiger partial charge on any atom is -0.462 e. The predicted octanol–water partition coefficient (Wildman–Crippen LogP) is 4.37. The third kappa shape index (κ3) is 4.27. The highest BCUT2D eigenvalue weighted by atomic mass is 16.6. The van der Waals surface area contributed by atoms with Gasteiger partial charge < -0.3 is 9.47 Å². The summed E-state index contributed by atoms with van der Waals surface area (Å²) in [6, 6.07) is 19.7. The average Bonchev–Trinajstić information content (AvgIpc) is 3.48. The molecule has 0 N–H and O–H groups in total. The van der Waals surface area contributed by atoms with E-state index in [4.69, 9.17) is 9.47 Å². The number of hydrogen-bond donors (Lipinski definition) is 0. The van der Waals surface area contributed by atoms with E-state index in [1.807, 2.05) is 48.5 Å². The van der Waals surface area contributed by atoms with Gasteiger partial charge in [0.05, 0.1) is 13.2 Å². The summed E-state index contributed by atoms with van der Waals surface area (Å²) in [7, 11) is 0. The zero-order valence-corrected chi connectivity index (χ0v) is 15.7. The van der Waals surface area contributed by atoms with Crippen LogP contribution in [0.15, 0.2) is 66.2 Å². The van der Waals surface area contributed by atoms with Gasteiger partial charge in [0.25, 0.3) is 0 Å². The maximum absolute atomic E-state index is 12.7. The van der Waals surface area contributed by atoms with Crippen molar-refractivity contribution in [1.29, 1.82) is 0 Å². The van der Waals surface area contributed by atoms with E-state index >= 15 is 0 Å². The molecule has 1 aliphatic carbocycles. The molecule has 2 aromatic rings. The molecule has 4 nitrogen and oxygen atoms in total. The molecule has 4 heteroatoms. The van der Waals surface area contributed by atoms with Crippen LogP contribution in [0.5, 0.6) is 0 Å². The normalized spacial score (nSPS) is 17.7. The van der Waals surface area contributed by atoms with Crippen molar-refractivity contribution in [3.8, 4) is 0 Å². The summed E-state index contributed by atoms with van der Waals surface area (Å²) in [4.78, 5) is 25.3. The molecular weight excluding hydrogens is 340 g/mol. The first-order valence-corrected chi connectivity index (χ1v) is 9.36. The van der Waals surface area contributed by atoms with E-state index in [1.165, 1.54) is 5.56 Å². The monoisotopic (exact) mass is 364 g/mol. The second kappa shape index (κ2) is 8.67. The van der Waals surface area contributed by atoms with Crippen molar-refractivity contribution in [2.45, 2.75) is 26.2 Å². The molecule has 3 rings (SSSR count). The smallest absolute Gasteiger partial charge is 0.345 e. The Hall–Kier alpha value is -2.88. The Bertz CT molecular complexity index is 804. The van der Waals surface area contributed by atoms with E-state index in [0.29, 0.717) is 0 Å². The molecule has 0 aliphatic heterocycles. The van der Waals surface area contributed by atoms with Crippen LogP contribution < -0.4 is 0 Å². The molecule has 0 saturated heterocycles. The Morgan fingerprint density at radius 3 is 1.89 bits per heavy atom. The molecule has 0 amide bonds. The lowest BCUT2D eigenvalue weighted by molar-refractivity contribution is -0.146. The summed E-state index contributed by atoms with van der Waals surface area (Å²) in [5.41, 5.74) is 2.81. The third-order valence-corrected chi connectivity index (χ3v) is 4.70. The number of allylic oxidation sites excluding steroid dienone is 1. The SMILES string of the molecule is CCOC(=O)C(C(=O)OCC)=C(c1ccccc1)[C@@H]1C[C@H]1c1ccccc1. The number of carbonyl (C=O) groups excluding carboxylic acids is 2. The van der Waals surface area contributed by atoms with Crippen molar-refractivity contribution in [3.63, 3.8) is 0 Å². The maximum atomic E-state index is 12.7. The number of ether oxygens (including phenoxy) is 2. The minimum atomic E-state index is -0.617. The Morgan fingerprint density at radius 1 is 0.852 bits per heavy atom. The molecule has 0 unspecified atom stereocenters. The molecule has 0 radical (unpaired) electrons. The van der Waals surface area contributed by atoms with Crippen LogP contribution in [0.4, 0.5) is 0 Å². The largest absolute Gasteiger partial charge is 0.462 e. The van der Waals surface area contributed by atoms with Crippen molar-refractivity contribution >= 4 is 17.5 Å². The quantitative estimate of drug-likeness (QED) is 0.317. The van der Waals surface area contributed by atoms with E-state index in [1.54, 1.807) is 13.8 Å². The lowest BCUT2D eigenvalue weighted by atomic mass is 9.93. The first-order valence-electron chi connectivity index (χ1n) is 9.36. The van der Waals surface area contributed by atoms with Crippen molar-refractivity contribution < 1.29 is 19.1 Å². The minimum absolute atomic E-state index is 0.0216. The van der Waals surface area contributed by atoms with Gasteiger partial charge in [0, 0.05) is 0 Å². The van der Waals surface area contributed by atoms with Crippen LogP contribution in [0.25, 0.3) is 5.57 Å². The number of hydrogen-bond acceptors (Lipinski definition) is 4. The first-order chi connectivity index (χ1) is 13.2. The van der Waals surface area contributed by atoms with Crippen molar-refractivity contribution in [1.82, 2.24) is 0 Å². The van der Waals surface area contributed by atoms with Crippen LogP contribution in [0.2, 0.25) is 0 Å². The lowest BCUT2D eigenvalue weighted by Gasteiger charge is -2.15. The molecule has 1 aliphatic rings. The fourth-order valence-corrected chi connectivity index (χ4v) is 3.45. The van der Waals surface area contributed by atoms with E-state index in [2.05, 4.69) is 12.1 Å². The fraction of sp³-hybridized carbons (Fsp3) is 0.304. The van der Waals surface area contributed by atoms with Gasteiger partial charge in [0.2, 0.25) is 0 Å². The Morgan fingerprint density at radius 2 is 1.37 bits per heavy atom. The van der Waals surface area contributed by atoms with Crippen LogP contribution >= 0.6 is 0 Å². The summed E-state index contributed by atoms with van der Waals surface area (Å²) in [5, 5.41) is 0. The van der Waals surface area contributed by atoms with Crippen molar-refractivity contribution in [2.24, 2.45) is 5.92 Å². The molecule has 2 aromatic carbocycles. The lowest BCUT2D eigenvalue weighted by Crippen LogP contribution is -2.21. The topological polar surface area (TPSA) is 52.6 Å². The van der Waals surface area contributed by atoms with Crippen LogP contribution in [0, 0.1) is 5.92 Å². The van der Waals surface area contributed by atoms with Gasteiger partial charge in [-0.25, -0.2) is 9.59 Å². The molecule has 2 atom stereocenters. The Kier molecular flexibility index (Phi) is 6.07. The Labute approximate surface area is 159 Å². The van der Waals surface area contributed by atoms with Gasteiger partial charge in [-0.15, -0.1) is 0 Å². The summed E-state index contributed by atoms with van der Waals surface area (Å²) in [6.45, 7) is 3.87. The first kappa shape index (κ1) is 18.9. The van der Waals surface area contributed by atoms with Gasteiger partial charge in [-0.3, -0.25) is 0 Å². The highest BCUT2D eigenvalue weighted by Gasteiger charge is 2.45. The standard InChI is InChI=1S/C23H24O4/c1-3-26-22(24)21(23(25)27-4-2)20(17-13-9-6-10-14-17)19-15-18(19)16-11-7-5-8-12-16/h5-14,18-19H,3-4,15H2,1-2H3/t18-,19+/m0/s1. The second-order valence-corrected chi connectivity index (χ2v) is 6.46. The van der Waals surface area contributed by atoms with Crippen LogP contribution in [0.1, 0.15) is 37.3 Å². The number of esters is 2. The molecule has 0 aromatic heterocycles. The van der Waals surface area contributed by atoms with Gasteiger partial charge >= 0.3 is 11.9 Å². The molecule has 0 heterocycles. The zero-order valence-electron chi connectivity index (χ0n) is 15.7. The van der Waals surface area contributed by atoms with E-state index in [0.717, 1.165) is 17.6 Å². The average molecular weight is 364 g/mol. The highest BCUT2D eigenvalue weighted by molar-refractivity contribution is 6.20. The molecule has 1 fully saturated rings. The molecule has 140 valence electrons. The molecular formula is C23H24O4. The van der Waals surface area contributed by atoms with Gasteiger partial charge in [0.1, 0.15) is 5.57 Å². The van der Waals surface area contributed by atoms with Crippen LogP contribution in [-0.2, 0) is 19.1 Å². The number of carbonyl (C=O) groups is 2. The van der Waals surface area contributed by atoms with E-state index in [9.17, 15) is 9.59 Å². The zero-order chi connectivity index (χ0) is 19.2. The second-order valence-electron chi connectivity index (χ2n) is 6.46. The van der Waals surface area contributed by atoms with E-state index in [-0.39, 0.29) is 30.6 Å². The Balaban J connectivity index is 2.08. The molecule has 27 heavy (non-hydrogen) atoms. The van der Waals surface area contributed by atoms with Crippen LogP contribution in [0.3, 0.4) is 0 Å². The highest BCUT2D eigenvalue weighted by Crippen LogP contribution is 2.55. The van der Waals surface area contributed by atoms with Gasteiger partial charge in [-0.05, 0) is 48.8 Å². The van der Waals surface area contributed by atoms with Gasteiger partial charge in [-0.1, -0.05) is 60.7 Å². The molecule has 0 bridgehead atoms. The number of benzene rings is 2. The van der Waals surface area contributed by atoms with Crippen molar-refractivity contribution in [2.75, 3.05) is 13.2 Å². The van der Waals surface area contributed by atoms with Crippen molar-refractivity contribution in [3.05, 3.63) is 77.4 Å². The van der Waals surface area contributed by atoms with Crippen LogP contribution in [-0.4, -0.2) is 25.2 Å². The molecule has 1 saturated carbocycles. The fourth-order valence-electron chi connectivity index (χ4n) is 3.45. The number of rotatable bonds is 7.